The maximum Gasteiger partial charge on any atom is 0.222 e. The van der Waals surface area contributed by atoms with Crippen LogP contribution in [0.5, 0.6) is 0 Å². The third-order valence-electron chi connectivity index (χ3n) is 3.95. The number of rotatable bonds is 5. The number of para-hydroxylation sites is 1. The van der Waals surface area contributed by atoms with Crippen LogP contribution < -0.4 is 10.6 Å². The first-order chi connectivity index (χ1) is 10.7. The van der Waals surface area contributed by atoms with E-state index in [-0.39, 0.29) is 11.9 Å². The number of benzene rings is 1. The molecule has 2 atom stereocenters. The van der Waals surface area contributed by atoms with Gasteiger partial charge >= 0.3 is 0 Å². The first kappa shape index (κ1) is 14.7. The molecule has 3 rings (SSSR count). The van der Waals surface area contributed by atoms with Crippen LogP contribution in [-0.4, -0.2) is 33.5 Å². The highest BCUT2D eigenvalue weighted by atomic mass is 16.1. The lowest BCUT2D eigenvalue weighted by Gasteiger charge is -2.14. The van der Waals surface area contributed by atoms with Gasteiger partial charge in [0.1, 0.15) is 5.69 Å². The summed E-state index contributed by atoms with van der Waals surface area (Å²) in [5.74, 6) is 0.0566. The Labute approximate surface area is 129 Å². The topological polar surface area (TPSA) is 71.8 Å². The van der Waals surface area contributed by atoms with Gasteiger partial charge in [0.15, 0.2) is 0 Å². The van der Waals surface area contributed by atoms with Crippen molar-refractivity contribution < 1.29 is 4.79 Å². The summed E-state index contributed by atoms with van der Waals surface area (Å²) < 4.78 is 1.72. The summed E-state index contributed by atoms with van der Waals surface area (Å²) in [6, 6.07) is 9.97. The van der Waals surface area contributed by atoms with Gasteiger partial charge < -0.3 is 10.6 Å². The smallest absolute Gasteiger partial charge is 0.222 e. The summed E-state index contributed by atoms with van der Waals surface area (Å²) in [6.07, 6.45) is 4.61. The number of nitrogens with zero attached hydrogens (tertiary/aromatic N) is 3. The van der Waals surface area contributed by atoms with Gasteiger partial charge in [-0.15, -0.1) is 5.10 Å². The highest BCUT2D eigenvalue weighted by Gasteiger charge is 2.20. The minimum atomic E-state index is -0.147. The van der Waals surface area contributed by atoms with Crippen molar-refractivity contribution in [3.63, 3.8) is 0 Å². The average molecular weight is 299 g/mol. The molecule has 2 unspecified atom stereocenters. The fourth-order valence-corrected chi connectivity index (χ4v) is 2.71. The molecule has 6 nitrogen and oxygen atoms in total. The Kier molecular flexibility index (Phi) is 4.48. The zero-order valence-corrected chi connectivity index (χ0v) is 12.7. The number of carbonyl (C=O) groups excluding carboxylic acids is 1. The van der Waals surface area contributed by atoms with Gasteiger partial charge in [-0.3, -0.25) is 4.79 Å². The van der Waals surface area contributed by atoms with E-state index in [1.54, 1.807) is 4.68 Å². The standard InChI is InChI=1S/C16H21N5O/c1-12(18-16(22)10-13-6-5-9-17-13)15-11-21(20-19-15)14-7-3-2-4-8-14/h2-4,7-8,11-13,17H,5-6,9-10H2,1H3,(H,18,22). The Morgan fingerprint density at radius 1 is 1.45 bits per heavy atom. The van der Waals surface area contributed by atoms with Crippen molar-refractivity contribution in [2.75, 3.05) is 6.54 Å². The van der Waals surface area contributed by atoms with Gasteiger partial charge in [-0.2, -0.15) is 0 Å². The van der Waals surface area contributed by atoms with Crippen molar-refractivity contribution in [3.8, 4) is 5.69 Å². The Balaban J connectivity index is 1.59. The molecule has 2 heterocycles. The molecule has 1 aliphatic heterocycles. The summed E-state index contributed by atoms with van der Waals surface area (Å²) in [5.41, 5.74) is 1.71. The van der Waals surface area contributed by atoms with E-state index < -0.39 is 0 Å². The van der Waals surface area contributed by atoms with Crippen LogP contribution in [-0.2, 0) is 4.79 Å². The SMILES string of the molecule is CC(NC(=O)CC1CCCN1)c1cn(-c2ccccc2)nn1. The summed E-state index contributed by atoms with van der Waals surface area (Å²) in [7, 11) is 0. The highest BCUT2D eigenvalue weighted by molar-refractivity contribution is 5.77. The predicted octanol–water partition coefficient (Wildman–Crippen LogP) is 1.59. The van der Waals surface area contributed by atoms with Crippen molar-refractivity contribution in [3.05, 3.63) is 42.2 Å². The van der Waals surface area contributed by atoms with Gasteiger partial charge in [-0.25, -0.2) is 4.68 Å². The number of carbonyl (C=O) groups is 1. The van der Waals surface area contributed by atoms with Gasteiger partial charge in [0.2, 0.25) is 5.91 Å². The molecular formula is C16H21N5O. The van der Waals surface area contributed by atoms with E-state index in [1.165, 1.54) is 0 Å². The lowest BCUT2D eigenvalue weighted by molar-refractivity contribution is -0.122. The number of hydrogen-bond donors (Lipinski definition) is 2. The van der Waals surface area contributed by atoms with E-state index in [1.807, 2.05) is 43.5 Å². The minimum Gasteiger partial charge on any atom is -0.348 e. The predicted molar refractivity (Wildman–Crippen MR) is 83.6 cm³/mol. The maximum absolute atomic E-state index is 12.1. The summed E-state index contributed by atoms with van der Waals surface area (Å²) in [5, 5.41) is 14.6. The average Bonchev–Trinajstić information content (AvgIpc) is 3.19. The quantitative estimate of drug-likeness (QED) is 0.879. The van der Waals surface area contributed by atoms with Crippen LogP contribution in [0.3, 0.4) is 0 Å². The second-order valence-corrected chi connectivity index (χ2v) is 5.71. The van der Waals surface area contributed by atoms with Gasteiger partial charge in [0, 0.05) is 12.5 Å². The van der Waals surface area contributed by atoms with Crippen LogP contribution in [0.4, 0.5) is 0 Å². The van der Waals surface area contributed by atoms with Crippen LogP contribution in [0.15, 0.2) is 36.5 Å². The molecule has 1 amide bonds. The molecule has 0 saturated carbocycles. The van der Waals surface area contributed by atoms with Crippen molar-refractivity contribution in [1.82, 2.24) is 25.6 Å². The molecule has 2 N–H and O–H groups in total. The molecule has 6 heteroatoms. The molecule has 0 spiro atoms. The highest BCUT2D eigenvalue weighted by Crippen LogP contribution is 2.13. The van der Waals surface area contributed by atoms with Gasteiger partial charge in [0.05, 0.1) is 17.9 Å². The first-order valence-corrected chi connectivity index (χ1v) is 7.73. The largest absolute Gasteiger partial charge is 0.348 e. The van der Waals surface area contributed by atoms with Crippen LogP contribution in [0.1, 0.15) is 37.9 Å². The van der Waals surface area contributed by atoms with Gasteiger partial charge in [0.25, 0.3) is 0 Å². The fraction of sp³-hybridized carbons (Fsp3) is 0.438. The van der Waals surface area contributed by atoms with Crippen molar-refractivity contribution >= 4 is 5.91 Å². The normalized spacial score (nSPS) is 19.0. The number of nitrogens with one attached hydrogen (secondary N) is 2. The monoisotopic (exact) mass is 299 g/mol. The van der Waals surface area contributed by atoms with E-state index in [4.69, 9.17) is 0 Å². The molecule has 1 fully saturated rings. The van der Waals surface area contributed by atoms with Crippen molar-refractivity contribution in [2.45, 2.75) is 38.3 Å². The molecule has 1 aromatic carbocycles. The first-order valence-electron chi connectivity index (χ1n) is 7.73. The molecule has 1 saturated heterocycles. The third kappa shape index (κ3) is 3.51. The Hall–Kier alpha value is -2.21. The van der Waals surface area contributed by atoms with E-state index in [9.17, 15) is 4.79 Å². The maximum atomic E-state index is 12.1. The van der Waals surface area contributed by atoms with Crippen LogP contribution >= 0.6 is 0 Å². The second kappa shape index (κ2) is 6.70. The third-order valence-corrected chi connectivity index (χ3v) is 3.95. The molecule has 2 aromatic rings. The van der Waals surface area contributed by atoms with Crippen molar-refractivity contribution in [1.29, 1.82) is 0 Å². The number of aromatic nitrogens is 3. The summed E-state index contributed by atoms with van der Waals surface area (Å²) >= 11 is 0. The Morgan fingerprint density at radius 2 is 2.27 bits per heavy atom. The zero-order valence-electron chi connectivity index (χ0n) is 12.7. The molecule has 22 heavy (non-hydrogen) atoms. The van der Waals surface area contributed by atoms with Crippen LogP contribution in [0.25, 0.3) is 5.69 Å². The van der Waals surface area contributed by atoms with Gasteiger partial charge in [-0.1, -0.05) is 23.4 Å². The molecule has 116 valence electrons. The minimum absolute atomic E-state index is 0.0566. The lowest BCUT2D eigenvalue weighted by atomic mass is 10.1. The summed E-state index contributed by atoms with van der Waals surface area (Å²) in [4.78, 5) is 12.1. The molecular weight excluding hydrogens is 278 g/mol. The fourth-order valence-electron chi connectivity index (χ4n) is 2.71. The van der Waals surface area contributed by atoms with Gasteiger partial charge in [-0.05, 0) is 38.4 Å². The second-order valence-electron chi connectivity index (χ2n) is 5.71. The molecule has 0 radical (unpaired) electrons. The Bertz CT molecular complexity index is 618. The summed E-state index contributed by atoms with van der Waals surface area (Å²) in [6.45, 7) is 2.94. The molecule has 0 aliphatic carbocycles. The lowest BCUT2D eigenvalue weighted by Crippen LogP contribution is -2.33. The van der Waals surface area contributed by atoms with E-state index in [0.717, 1.165) is 30.8 Å². The number of amides is 1. The molecule has 0 bridgehead atoms. The zero-order chi connectivity index (χ0) is 15.4. The molecule has 1 aliphatic rings. The number of hydrogen-bond acceptors (Lipinski definition) is 4. The van der Waals surface area contributed by atoms with E-state index in [2.05, 4.69) is 20.9 Å². The van der Waals surface area contributed by atoms with E-state index >= 15 is 0 Å². The molecule has 1 aromatic heterocycles. The van der Waals surface area contributed by atoms with E-state index in [0.29, 0.717) is 12.5 Å². The van der Waals surface area contributed by atoms with Crippen molar-refractivity contribution in [2.24, 2.45) is 0 Å². The van der Waals surface area contributed by atoms with Crippen LogP contribution in [0, 0.1) is 0 Å². The Morgan fingerprint density at radius 3 is 3.00 bits per heavy atom. The van der Waals surface area contributed by atoms with Crippen LogP contribution in [0.2, 0.25) is 0 Å².